The Labute approximate surface area is 168 Å². The smallest absolute Gasteiger partial charge is 0.129 e. The van der Waals surface area contributed by atoms with Crippen molar-refractivity contribution in [1.29, 1.82) is 0 Å². The van der Waals surface area contributed by atoms with Crippen LogP contribution in [0.3, 0.4) is 0 Å². The number of nitrogens with two attached hydrogens (primary N) is 2. The van der Waals surface area contributed by atoms with Crippen molar-refractivity contribution < 1.29 is 4.39 Å². The molecule has 0 bridgehead atoms. The zero-order chi connectivity index (χ0) is 20.0. The van der Waals surface area contributed by atoms with Gasteiger partial charge in [-0.1, -0.05) is 17.7 Å². The van der Waals surface area contributed by atoms with Gasteiger partial charge < -0.3 is 21.3 Å². The largest absolute Gasteiger partial charge is 0.399 e. The maximum Gasteiger partial charge on any atom is 0.129 e. The number of nitrogen functional groups attached to an aromatic ring is 1. The third kappa shape index (κ3) is 3.01. The number of rotatable bonds is 4. The molecule has 0 aliphatic carbocycles. The summed E-state index contributed by atoms with van der Waals surface area (Å²) in [6, 6.07) is 10.1. The number of hydrogen-bond acceptors (Lipinski definition) is 5. The van der Waals surface area contributed by atoms with Gasteiger partial charge in [0.2, 0.25) is 0 Å². The first-order valence-corrected chi connectivity index (χ1v) is 9.31. The lowest BCUT2D eigenvalue weighted by molar-refractivity contribution is 0.287. The van der Waals surface area contributed by atoms with Crippen LogP contribution in [0.4, 0.5) is 15.8 Å². The van der Waals surface area contributed by atoms with E-state index in [9.17, 15) is 4.39 Å². The molecule has 4 N–H and O–H groups in total. The molecule has 3 aromatic rings. The number of likely N-dealkylation sites (N-methyl/N-ethyl adjacent to an activating group) is 1. The molecule has 0 saturated heterocycles. The molecule has 1 aliphatic rings. The van der Waals surface area contributed by atoms with Crippen molar-refractivity contribution in [2.45, 2.75) is 12.2 Å². The minimum absolute atomic E-state index is 0.306. The predicted molar refractivity (Wildman–Crippen MR) is 110 cm³/mol. The highest BCUT2D eigenvalue weighted by atomic mass is 35.5. The van der Waals surface area contributed by atoms with Gasteiger partial charge in [-0.15, -0.1) is 0 Å². The van der Waals surface area contributed by atoms with Crippen LogP contribution in [0.25, 0.3) is 5.69 Å². The standard InChI is InChI=1S/C20H22ClFN6/c1-26(2)18(19-13(21)4-3-5-14(19)22)10-27-15-7-6-12(23)8-16(15)28-11-25-9-17(28)20(27)24/h3-9,11,18,20H,10,23-24H2,1-2H3. The molecule has 28 heavy (non-hydrogen) atoms. The van der Waals surface area contributed by atoms with Crippen LogP contribution in [0.15, 0.2) is 48.9 Å². The zero-order valence-electron chi connectivity index (χ0n) is 15.7. The van der Waals surface area contributed by atoms with Crippen molar-refractivity contribution in [3.8, 4) is 5.69 Å². The maximum atomic E-state index is 14.7. The minimum Gasteiger partial charge on any atom is -0.399 e. The van der Waals surface area contributed by atoms with Crippen LogP contribution in [0.1, 0.15) is 23.5 Å². The number of aromatic nitrogens is 2. The normalized spacial score (nSPS) is 16.8. The second kappa shape index (κ2) is 7.09. The Balaban J connectivity index is 1.80. The van der Waals surface area contributed by atoms with E-state index in [0.29, 0.717) is 22.8 Å². The van der Waals surface area contributed by atoms with Crippen LogP contribution < -0.4 is 16.4 Å². The molecule has 6 nitrogen and oxygen atoms in total. The molecule has 0 spiro atoms. The molecule has 146 valence electrons. The number of halogens is 2. The third-order valence-electron chi connectivity index (χ3n) is 5.20. The SMILES string of the molecule is CN(C)C(CN1c2ccc(N)cc2-n2cncc2C1N)c1c(F)cccc1Cl. The monoisotopic (exact) mass is 400 g/mol. The highest BCUT2D eigenvalue weighted by Gasteiger charge is 2.33. The van der Waals surface area contributed by atoms with Crippen LogP contribution in [-0.4, -0.2) is 35.1 Å². The van der Waals surface area contributed by atoms with E-state index in [1.54, 1.807) is 24.7 Å². The van der Waals surface area contributed by atoms with E-state index in [1.165, 1.54) is 6.07 Å². The Kier molecular flexibility index (Phi) is 4.74. The van der Waals surface area contributed by atoms with Gasteiger partial charge in [0.1, 0.15) is 12.0 Å². The number of nitrogens with zero attached hydrogens (tertiary/aromatic N) is 4. The summed E-state index contributed by atoms with van der Waals surface area (Å²) in [5, 5.41) is 0.395. The highest BCUT2D eigenvalue weighted by molar-refractivity contribution is 6.31. The molecule has 0 saturated carbocycles. The van der Waals surface area contributed by atoms with Crippen LogP contribution in [0.5, 0.6) is 0 Å². The quantitative estimate of drug-likeness (QED) is 0.657. The van der Waals surface area contributed by atoms with Gasteiger partial charge in [-0.2, -0.15) is 0 Å². The zero-order valence-corrected chi connectivity index (χ0v) is 16.4. The minimum atomic E-state index is -0.438. The highest BCUT2D eigenvalue weighted by Crippen LogP contribution is 2.40. The third-order valence-corrected chi connectivity index (χ3v) is 5.53. The number of anilines is 2. The molecular weight excluding hydrogens is 379 g/mol. The number of hydrogen-bond donors (Lipinski definition) is 2. The van der Waals surface area contributed by atoms with Gasteiger partial charge in [0.15, 0.2) is 0 Å². The molecule has 2 aromatic carbocycles. The number of imidazole rings is 1. The molecule has 2 atom stereocenters. The first-order chi connectivity index (χ1) is 13.4. The molecule has 0 amide bonds. The van der Waals surface area contributed by atoms with Crippen LogP contribution in [0.2, 0.25) is 5.02 Å². The second-order valence-corrected chi connectivity index (χ2v) is 7.56. The molecule has 1 aromatic heterocycles. The van der Waals surface area contributed by atoms with Gasteiger partial charge in [-0.3, -0.25) is 4.57 Å². The molecule has 8 heteroatoms. The Bertz CT molecular complexity index is 997. The summed E-state index contributed by atoms with van der Waals surface area (Å²) >= 11 is 6.36. The Morgan fingerprint density at radius 2 is 2.04 bits per heavy atom. The second-order valence-electron chi connectivity index (χ2n) is 7.15. The van der Waals surface area contributed by atoms with Crippen LogP contribution in [-0.2, 0) is 0 Å². The summed E-state index contributed by atoms with van der Waals surface area (Å²) in [6.07, 6.45) is 3.03. The van der Waals surface area contributed by atoms with Crippen LogP contribution in [0, 0.1) is 5.82 Å². The molecular formula is C20H22ClFN6. The van der Waals surface area contributed by atoms with E-state index in [2.05, 4.69) is 4.98 Å². The maximum absolute atomic E-state index is 14.7. The van der Waals surface area contributed by atoms with E-state index in [1.807, 2.05) is 46.7 Å². The van der Waals surface area contributed by atoms with E-state index in [0.717, 1.165) is 17.1 Å². The average molecular weight is 401 g/mol. The Morgan fingerprint density at radius 3 is 2.75 bits per heavy atom. The lowest BCUT2D eigenvalue weighted by atomic mass is 10.0. The molecule has 0 radical (unpaired) electrons. The van der Waals surface area contributed by atoms with E-state index in [-0.39, 0.29) is 11.9 Å². The average Bonchev–Trinajstić information content (AvgIpc) is 3.13. The Hall–Kier alpha value is -2.61. The van der Waals surface area contributed by atoms with E-state index in [4.69, 9.17) is 23.1 Å². The molecule has 2 unspecified atom stereocenters. The van der Waals surface area contributed by atoms with Crippen molar-refractivity contribution in [2.24, 2.45) is 5.73 Å². The topological polar surface area (TPSA) is 76.3 Å². The van der Waals surface area contributed by atoms with Gasteiger partial charge in [-0.05, 0) is 44.4 Å². The summed E-state index contributed by atoms with van der Waals surface area (Å²) < 4.78 is 16.6. The fourth-order valence-corrected chi connectivity index (χ4v) is 4.04. The summed E-state index contributed by atoms with van der Waals surface area (Å²) in [6.45, 7) is 0.441. The number of fused-ring (bicyclic) bond motifs is 3. The summed E-state index contributed by atoms with van der Waals surface area (Å²) in [4.78, 5) is 8.23. The molecule has 2 heterocycles. The first-order valence-electron chi connectivity index (χ1n) is 8.93. The van der Waals surface area contributed by atoms with Crippen molar-refractivity contribution >= 4 is 23.0 Å². The summed E-state index contributed by atoms with van der Waals surface area (Å²) in [7, 11) is 3.80. The molecule has 4 rings (SSSR count). The van der Waals surface area contributed by atoms with E-state index >= 15 is 0 Å². The van der Waals surface area contributed by atoms with Crippen LogP contribution >= 0.6 is 11.6 Å². The first kappa shape index (κ1) is 18.7. The lowest BCUT2D eigenvalue weighted by Gasteiger charge is -2.41. The fraction of sp³-hybridized carbons (Fsp3) is 0.250. The van der Waals surface area contributed by atoms with Gasteiger partial charge in [0, 0.05) is 22.8 Å². The van der Waals surface area contributed by atoms with E-state index < -0.39 is 6.17 Å². The van der Waals surface area contributed by atoms with Crippen molar-refractivity contribution in [1.82, 2.24) is 14.5 Å². The van der Waals surface area contributed by atoms with Gasteiger partial charge in [0.05, 0.1) is 35.6 Å². The van der Waals surface area contributed by atoms with Crippen molar-refractivity contribution in [3.05, 3.63) is 71.0 Å². The predicted octanol–water partition coefficient (Wildman–Crippen LogP) is 3.33. The Morgan fingerprint density at radius 1 is 1.25 bits per heavy atom. The molecule has 0 fully saturated rings. The number of benzene rings is 2. The summed E-state index contributed by atoms with van der Waals surface area (Å²) in [5.74, 6) is -0.334. The van der Waals surface area contributed by atoms with Crippen molar-refractivity contribution in [2.75, 3.05) is 31.3 Å². The van der Waals surface area contributed by atoms with Crippen molar-refractivity contribution in [3.63, 3.8) is 0 Å². The summed E-state index contributed by atoms with van der Waals surface area (Å²) in [5.41, 5.74) is 16.3. The molecule has 1 aliphatic heterocycles. The fourth-order valence-electron chi connectivity index (χ4n) is 3.75. The lowest BCUT2D eigenvalue weighted by Crippen LogP contribution is -2.44. The van der Waals surface area contributed by atoms with Gasteiger partial charge in [0.25, 0.3) is 0 Å². The van der Waals surface area contributed by atoms with Gasteiger partial charge in [-0.25, -0.2) is 9.37 Å². The van der Waals surface area contributed by atoms with Gasteiger partial charge >= 0.3 is 0 Å².